The molecule has 0 aromatic carbocycles. The maximum Gasteiger partial charge on any atom is 0.211 e. The first-order chi connectivity index (χ1) is 7.68. The first-order valence-electron chi connectivity index (χ1n) is 5.77. The van der Waals surface area contributed by atoms with Crippen molar-refractivity contribution < 1.29 is 13.2 Å². The zero-order chi connectivity index (χ0) is 13.1. The Bertz CT molecular complexity index is 463. The number of carbonyl (C=O) groups is 1. The van der Waals surface area contributed by atoms with E-state index in [-0.39, 0.29) is 22.3 Å². The van der Waals surface area contributed by atoms with Crippen molar-refractivity contribution >= 4 is 31.7 Å². The molecule has 0 spiro atoms. The van der Waals surface area contributed by atoms with E-state index < -0.39 is 20.9 Å². The average molecular weight is 324 g/mol. The fraction of sp³-hybridized carbons (Fsp3) is 0.909. The second-order valence-electron chi connectivity index (χ2n) is 5.62. The summed E-state index contributed by atoms with van der Waals surface area (Å²) in [7, 11) is -1.87. The smallest absolute Gasteiger partial charge is 0.211 e. The molecule has 6 heteroatoms. The van der Waals surface area contributed by atoms with Gasteiger partial charge in [-0.05, 0) is 31.2 Å². The number of sulfonamides is 1. The van der Waals surface area contributed by atoms with E-state index in [1.54, 1.807) is 0 Å². The van der Waals surface area contributed by atoms with Crippen molar-refractivity contribution in [2.75, 3.05) is 12.8 Å². The zero-order valence-corrected chi connectivity index (χ0v) is 12.7. The van der Waals surface area contributed by atoms with Gasteiger partial charge in [0.15, 0.2) is 5.78 Å². The summed E-state index contributed by atoms with van der Waals surface area (Å²) in [6.07, 6.45) is 1.72. The lowest BCUT2D eigenvalue weighted by atomic mass is 9.70. The number of ketones is 1. The quantitative estimate of drug-likeness (QED) is 0.796. The monoisotopic (exact) mass is 323 g/mol. The number of fused-ring (bicyclic) bond motifs is 2. The first-order valence-corrected chi connectivity index (χ1v) is 8.34. The molecule has 0 aromatic rings. The molecule has 2 rings (SSSR count). The third-order valence-electron chi connectivity index (χ3n) is 4.98. The van der Waals surface area contributed by atoms with Crippen molar-refractivity contribution in [3.05, 3.63) is 0 Å². The fourth-order valence-electron chi connectivity index (χ4n) is 3.55. The third-order valence-corrected chi connectivity index (χ3v) is 7.64. The van der Waals surface area contributed by atoms with E-state index in [1.165, 1.54) is 7.05 Å². The van der Waals surface area contributed by atoms with Crippen LogP contribution >= 0.6 is 15.9 Å². The number of nitrogens with one attached hydrogen (secondary N) is 1. The molecule has 2 saturated carbocycles. The van der Waals surface area contributed by atoms with Crippen LogP contribution in [0.4, 0.5) is 0 Å². The van der Waals surface area contributed by atoms with Crippen LogP contribution in [0.1, 0.15) is 26.7 Å². The molecule has 2 bridgehead atoms. The van der Waals surface area contributed by atoms with Gasteiger partial charge in [-0.1, -0.05) is 29.8 Å². The zero-order valence-electron chi connectivity index (χ0n) is 10.3. The molecule has 2 aliphatic rings. The highest BCUT2D eigenvalue weighted by Crippen LogP contribution is 2.65. The average Bonchev–Trinajstić information content (AvgIpc) is 2.55. The van der Waals surface area contributed by atoms with Gasteiger partial charge in [-0.2, -0.15) is 0 Å². The predicted octanol–water partition coefficient (Wildman–Crippen LogP) is 1.30. The van der Waals surface area contributed by atoms with Gasteiger partial charge in [0.05, 0.1) is 10.6 Å². The lowest BCUT2D eigenvalue weighted by Crippen LogP contribution is -2.42. The second-order valence-corrected chi connectivity index (χ2v) is 8.54. The molecule has 2 fully saturated rings. The Morgan fingerprint density at radius 2 is 2.06 bits per heavy atom. The molecule has 0 unspecified atom stereocenters. The number of Topliss-reactive ketones (excluding diaryl/α,β-unsaturated/α-hetero) is 1. The Hall–Kier alpha value is 0.0600. The summed E-state index contributed by atoms with van der Waals surface area (Å²) in [6.45, 7) is 3.86. The van der Waals surface area contributed by atoms with Crippen LogP contribution in [0.15, 0.2) is 0 Å². The van der Waals surface area contributed by atoms with E-state index in [1.807, 2.05) is 13.8 Å². The van der Waals surface area contributed by atoms with Crippen LogP contribution in [0.25, 0.3) is 0 Å². The van der Waals surface area contributed by atoms with Gasteiger partial charge in [0.25, 0.3) is 0 Å². The van der Waals surface area contributed by atoms with E-state index in [4.69, 9.17) is 0 Å². The summed E-state index contributed by atoms with van der Waals surface area (Å²) in [5.41, 5.74) is -0.962. The van der Waals surface area contributed by atoms with Gasteiger partial charge in [0, 0.05) is 5.41 Å². The predicted molar refractivity (Wildman–Crippen MR) is 69.5 cm³/mol. The van der Waals surface area contributed by atoms with Crippen LogP contribution in [0.5, 0.6) is 0 Å². The van der Waals surface area contributed by atoms with Crippen LogP contribution < -0.4 is 4.72 Å². The Morgan fingerprint density at radius 1 is 1.47 bits per heavy atom. The summed E-state index contributed by atoms with van der Waals surface area (Å²) in [5, 5.41) is 0. The van der Waals surface area contributed by atoms with Gasteiger partial charge in [-0.3, -0.25) is 4.79 Å². The van der Waals surface area contributed by atoms with Crippen LogP contribution in [0.3, 0.4) is 0 Å². The molecule has 0 amide bonds. The minimum atomic E-state index is -3.30. The second kappa shape index (κ2) is 3.78. The van der Waals surface area contributed by atoms with Crippen LogP contribution in [0, 0.1) is 16.7 Å². The summed E-state index contributed by atoms with van der Waals surface area (Å²) in [4.78, 5) is 12.0. The van der Waals surface area contributed by atoms with E-state index in [2.05, 4.69) is 20.7 Å². The molecule has 2 aliphatic carbocycles. The maximum atomic E-state index is 12.2. The SMILES string of the molecule is CNS(=O)(=O)C[C@]1(C)[C@H]2CC[C@@]1(C)C(=O)[C@@H]2Br. The van der Waals surface area contributed by atoms with Crippen molar-refractivity contribution in [2.45, 2.75) is 31.5 Å². The van der Waals surface area contributed by atoms with E-state index in [0.29, 0.717) is 0 Å². The molecule has 0 aliphatic heterocycles. The molecule has 4 nitrogen and oxygen atoms in total. The summed E-state index contributed by atoms with van der Waals surface area (Å²) >= 11 is 3.44. The lowest BCUT2D eigenvalue weighted by molar-refractivity contribution is -0.127. The summed E-state index contributed by atoms with van der Waals surface area (Å²) in [5.74, 6) is 0.330. The molecule has 0 heterocycles. The van der Waals surface area contributed by atoms with Gasteiger partial charge < -0.3 is 0 Å². The summed E-state index contributed by atoms with van der Waals surface area (Å²) < 4.78 is 25.9. The fourth-order valence-corrected chi connectivity index (χ4v) is 6.37. The number of halogens is 1. The number of alkyl halides is 1. The molecule has 98 valence electrons. The highest BCUT2D eigenvalue weighted by molar-refractivity contribution is 9.10. The molecule has 17 heavy (non-hydrogen) atoms. The summed E-state index contributed by atoms with van der Waals surface area (Å²) in [6, 6.07) is 0. The van der Waals surface area contributed by atoms with Gasteiger partial charge in [-0.15, -0.1) is 0 Å². The van der Waals surface area contributed by atoms with Crippen molar-refractivity contribution in [3.63, 3.8) is 0 Å². The van der Waals surface area contributed by atoms with Crippen LogP contribution in [-0.4, -0.2) is 31.8 Å². The molecular formula is C11H18BrNO3S. The van der Waals surface area contributed by atoms with Gasteiger partial charge in [0.2, 0.25) is 10.0 Å². The van der Waals surface area contributed by atoms with E-state index >= 15 is 0 Å². The van der Waals surface area contributed by atoms with Crippen molar-refractivity contribution in [1.82, 2.24) is 4.72 Å². The van der Waals surface area contributed by atoms with Crippen LogP contribution in [-0.2, 0) is 14.8 Å². The van der Waals surface area contributed by atoms with Gasteiger partial charge >= 0.3 is 0 Å². The highest BCUT2D eigenvalue weighted by atomic mass is 79.9. The topological polar surface area (TPSA) is 63.2 Å². The number of hydrogen-bond acceptors (Lipinski definition) is 3. The van der Waals surface area contributed by atoms with Crippen LogP contribution in [0.2, 0.25) is 0 Å². The van der Waals surface area contributed by atoms with Crippen molar-refractivity contribution in [1.29, 1.82) is 0 Å². The minimum Gasteiger partial charge on any atom is -0.298 e. The number of carbonyl (C=O) groups excluding carboxylic acids is 1. The first kappa shape index (κ1) is 13.5. The Balaban J connectivity index is 2.42. The Morgan fingerprint density at radius 3 is 2.47 bits per heavy atom. The number of rotatable bonds is 3. The molecule has 4 atom stereocenters. The van der Waals surface area contributed by atoms with Gasteiger partial charge in [0.1, 0.15) is 0 Å². The molecule has 0 aromatic heterocycles. The van der Waals surface area contributed by atoms with Gasteiger partial charge in [-0.25, -0.2) is 13.1 Å². The lowest BCUT2D eigenvalue weighted by Gasteiger charge is -2.35. The molecule has 0 saturated heterocycles. The normalized spacial score (nSPS) is 45.5. The third kappa shape index (κ3) is 1.64. The standard InChI is InChI=1S/C11H18BrNO3S/c1-10-5-4-7(8(12)9(10)14)11(10,2)6-17(15,16)13-3/h7-8,13H,4-6H2,1-3H3/t7-,8+,10-,11+/m0/s1. The van der Waals surface area contributed by atoms with E-state index in [0.717, 1.165) is 12.8 Å². The Labute approximate surface area is 111 Å². The van der Waals surface area contributed by atoms with Crippen molar-refractivity contribution in [2.24, 2.45) is 16.7 Å². The van der Waals surface area contributed by atoms with E-state index in [9.17, 15) is 13.2 Å². The minimum absolute atomic E-state index is 0.0332. The van der Waals surface area contributed by atoms with Crippen molar-refractivity contribution in [3.8, 4) is 0 Å². The number of hydrogen-bond donors (Lipinski definition) is 1. The Kier molecular flexibility index (Phi) is 3.00. The largest absolute Gasteiger partial charge is 0.298 e. The highest BCUT2D eigenvalue weighted by Gasteiger charge is 2.68. The molecule has 1 N–H and O–H groups in total. The molecule has 0 radical (unpaired) electrons. The molecular weight excluding hydrogens is 306 g/mol. The maximum absolute atomic E-state index is 12.2.